The Kier molecular flexibility index (Phi) is 5.20. The fourth-order valence-corrected chi connectivity index (χ4v) is 6.40. The van der Waals surface area contributed by atoms with Gasteiger partial charge in [-0.15, -0.1) is 0 Å². The van der Waals surface area contributed by atoms with Gasteiger partial charge in [-0.25, -0.2) is 0 Å². The highest BCUT2D eigenvalue weighted by Gasteiger charge is 2.21. The van der Waals surface area contributed by atoms with Crippen LogP contribution in [0, 0.1) is 0 Å². The third-order valence-electron chi connectivity index (χ3n) is 8.46. The molecule has 0 atom stereocenters. The second-order valence-corrected chi connectivity index (χ2v) is 10.9. The summed E-state index contributed by atoms with van der Waals surface area (Å²) in [6, 6.07) is 53.0. The molecule has 0 aliphatic heterocycles. The van der Waals surface area contributed by atoms with E-state index in [1.165, 1.54) is 16.5 Å². The van der Waals surface area contributed by atoms with Crippen LogP contribution in [0.5, 0.6) is 0 Å². The molecule has 0 N–H and O–H groups in total. The number of fused-ring (bicyclic) bond motifs is 8. The highest BCUT2D eigenvalue weighted by atomic mass is 16.3. The molecule has 0 saturated heterocycles. The topological polar surface area (TPSA) is 29.5 Å². The Labute approximate surface area is 247 Å². The van der Waals surface area contributed by atoms with Gasteiger partial charge < -0.3 is 13.7 Å². The average Bonchev–Trinajstić information content (AvgIpc) is 3.65. The molecular formula is C40H25NO2. The summed E-state index contributed by atoms with van der Waals surface area (Å²) in [6.07, 6.45) is 0. The quantitative estimate of drug-likeness (QED) is 0.218. The molecule has 0 unspecified atom stereocenters. The zero-order valence-electron chi connectivity index (χ0n) is 23.2. The molecule has 0 saturated carbocycles. The molecule has 3 nitrogen and oxygen atoms in total. The van der Waals surface area contributed by atoms with E-state index >= 15 is 0 Å². The lowest BCUT2D eigenvalue weighted by Crippen LogP contribution is -2.10. The summed E-state index contributed by atoms with van der Waals surface area (Å²) in [4.78, 5) is 2.27. The second kappa shape index (κ2) is 9.37. The summed E-state index contributed by atoms with van der Waals surface area (Å²) >= 11 is 0. The van der Waals surface area contributed by atoms with E-state index in [1.54, 1.807) is 0 Å². The lowest BCUT2D eigenvalue weighted by atomic mass is 10.0. The Morgan fingerprint density at radius 3 is 1.88 bits per heavy atom. The summed E-state index contributed by atoms with van der Waals surface area (Å²) in [5.74, 6) is 0. The standard InChI is InChI=1S/C40H25NO2/c1-2-9-26(10-3-1)27-17-20-29(21-18-27)41(36-15-8-14-34-32-13-6-7-16-37(32)42-40(34)36)30-22-24-33-35-23-19-28-11-4-5-12-31(28)39(35)43-38(33)25-30/h1-25H. The van der Waals surface area contributed by atoms with Crippen molar-refractivity contribution in [3.8, 4) is 11.1 Å². The lowest BCUT2D eigenvalue weighted by Gasteiger charge is -2.25. The largest absolute Gasteiger partial charge is 0.455 e. The fourth-order valence-electron chi connectivity index (χ4n) is 6.40. The average molecular weight is 552 g/mol. The molecule has 43 heavy (non-hydrogen) atoms. The number of anilines is 3. The van der Waals surface area contributed by atoms with Gasteiger partial charge in [0.25, 0.3) is 0 Å². The number of nitrogens with zero attached hydrogens (tertiary/aromatic N) is 1. The first kappa shape index (κ1) is 23.9. The molecule has 3 heteroatoms. The first-order valence-corrected chi connectivity index (χ1v) is 14.5. The molecule has 0 aliphatic rings. The van der Waals surface area contributed by atoms with Crippen molar-refractivity contribution in [2.75, 3.05) is 4.90 Å². The number of benzene rings is 7. The van der Waals surface area contributed by atoms with E-state index in [-0.39, 0.29) is 0 Å². The van der Waals surface area contributed by atoms with E-state index in [1.807, 2.05) is 18.2 Å². The van der Waals surface area contributed by atoms with Crippen molar-refractivity contribution in [1.82, 2.24) is 0 Å². The van der Waals surface area contributed by atoms with Gasteiger partial charge in [-0.3, -0.25) is 0 Å². The van der Waals surface area contributed by atoms with Crippen LogP contribution in [0.4, 0.5) is 17.1 Å². The fraction of sp³-hybridized carbons (Fsp3) is 0. The SMILES string of the molecule is c1ccc(-c2ccc(N(c3ccc4c(c3)oc3c5ccccc5ccc43)c3cccc4c3oc3ccccc34)cc2)cc1. The van der Waals surface area contributed by atoms with Crippen LogP contribution in [0.1, 0.15) is 0 Å². The first-order chi connectivity index (χ1) is 21.3. The van der Waals surface area contributed by atoms with Crippen LogP contribution in [0.25, 0.3) is 65.8 Å². The molecular weight excluding hydrogens is 526 g/mol. The Balaban J connectivity index is 1.27. The number of para-hydroxylation sites is 2. The Hall–Kier alpha value is -5.80. The van der Waals surface area contributed by atoms with Crippen molar-refractivity contribution in [2.45, 2.75) is 0 Å². The van der Waals surface area contributed by atoms with Gasteiger partial charge in [-0.1, -0.05) is 103 Å². The molecule has 0 aliphatic carbocycles. The van der Waals surface area contributed by atoms with Gasteiger partial charge in [0.05, 0.1) is 11.4 Å². The van der Waals surface area contributed by atoms with Gasteiger partial charge in [0, 0.05) is 38.7 Å². The highest BCUT2D eigenvalue weighted by molar-refractivity contribution is 6.16. The van der Waals surface area contributed by atoms with Crippen molar-refractivity contribution in [1.29, 1.82) is 0 Å². The van der Waals surface area contributed by atoms with E-state index in [0.29, 0.717) is 0 Å². The van der Waals surface area contributed by atoms with E-state index in [4.69, 9.17) is 8.83 Å². The normalized spacial score (nSPS) is 11.7. The Bertz CT molecular complexity index is 2450. The van der Waals surface area contributed by atoms with E-state index in [9.17, 15) is 0 Å². The van der Waals surface area contributed by atoms with Crippen molar-refractivity contribution in [2.24, 2.45) is 0 Å². The van der Waals surface area contributed by atoms with Gasteiger partial charge in [0.2, 0.25) is 0 Å². The lowest BCUT2D eigenvalue weighted by molar-refractivity contribution is 0.668. The van der Waals surface area contributed by atoms with E-state index < -0.39 is 0 Å². The van der Waals surface area contributed by atoms with Crippen LogP contribution in [-0.2, 0) is 0 Å². The minimum Gasteiger partial charge on any atom is -0.455 e. The molecule has 7 aromatic carbocycles. The highest BCUT2D eigenvalue weighted by Crippen LogP contribution is 2.44. The predicted molar refractivity (Wildman–Crippen MR) is 179 cm³/mol. The predicted octanol–water partition coefficient (Wildman–Crippen LogP) is 11.8. The van der Waals surface area contributed by atoms with Crippen LogP contribution in [0.15, 0.2) is 160 Å². The van der Waals surface area contributed by atoms with Crippen LogP contribution in [0.2, 0.25) is 0 Å². The number of hydrogen-bond acceptors (Lipinski definition) is 3. The summed E-state index contributed by atoms with van der Waals surface area (Å²) in [5.41, 5.74) is 8.87. The third-order valence-corrected chi connectivity index (χ3v) is 8.46. The maximum absolute atomic E-state index is 6.59. The van der Waals surface area contributed by atoms with Gasteiger partial charge >= 0.3 is 0 Å². The zero-order valence-corrected chi connectivity index (χ0v) is 23.2. The molecule has 2 aromatic heterocycles. The molecule has 0 spiro atoms. The first-order valence-electron chi connectivity index (χ1n) is 14.5. The summed E-state index contributed by atoms with van der Waals surface area (Å²) < 4.78 is 13.1. The molecule has 202 valence electrons. The number of hydrogen-bond donors (Lipinski definition) is 0. The summed E-state index contributed by atoms with van der Waals surface area (Å²) in [6.45, 7) is 0. The Morgan fingerprint density at radius 2 is 1.00 bits per heavy atom. The molecule has 0 fully saturated rings. The molecule has 9 aromatic rings. The third kappa shape index (κ3) is 3.75. The summed E-state index contributed by atoms with van der Waals surface area (Å²) in [7, 11) is 0. The van der Waals surface area contributed by atoms with E-state index in [0.717, 1.165) is 66.3 Å². The van der Waals surface area contributed by atoms with Gasteiger partial charge in [0.1, 0.15) is 16.7 Å². The maximum atomic E-state index is 6.59. The monoisotopic (exact) mass is 551 g/mol. The van der Waals surface area contributed by atoms with Crippen molar-refractivity contribution in [3.05, 3.63) is 152 Å². The minimum absolute atomic E-state index is 0.853. The molecule has 9 rings (SSSR count). The molecule has 2 heterocycles. The van der Waals surface area contributed by atoms with Gasteiger partial charge in [0.15, 0.2) is 5.58 Å². The van der Waals surface area contributed by atoms with Crippen LogP contribution < -0.4 is 4.90 Å². The van der Waals surface area contributed by atoms with Crippen molar-refractivity contribution < 1.29 is 8.83 Å². The van der Waals surface area contributed by atoms with Crippen LogP contribution in [-0.4, -0.2) is 0 Å². The van der Waals surface area contributed by atoms with Crippen LogP contribution in [0.3, 0.4) is 0 Å². The smallest absolute Gasteiger partial charge is 0.159 e. The van der Waals surface area contributed by atoms with Gasteiger partial charge in [-0.05, 0) is 59.0 Å². The number of furan rings is 2. The number of rotatable bonds is 4. The molecule has 0 radical (unpaired) electrons. The Morgan fingerprint density at radius 1 is 0.372 bits per heavy atom. The van der Waals surface area contributed by atoms with Gasteiger partial charge in [-0.2, -0.15) is 0 Å². The van der Waals surface area contributed by atoms with Crippen molar-refractivity contribution >= 4 is 71.7 Å². The van der Waals surface area contributed by atoms with Crippen molar-refractivity contribution in [3.63, 3.8) is 0 Å². The second-order valence-electron chi connectivity index (χ2n) is 10.9. The van der Waals surface area contributed by atoms with E-state index in [2.05, 4.69) is 138 Å². The summed E-state index contributed by atoms with van der Waals surface area (Å²) in [5, 5.41) is 6.72. The molecule has 0 amide bonds. The minimum atomic E-state index is 0.853. The molecule has 0 bridgehead atoms. The zero-order chi connectivity index (χ0) is 28.3. The maximum Gasteiger partial charge on any atom is 0.159 e. The van der Waals surface area contributed by atoms with Crippen LogP contribution >= 0.6 is 0 Å².